The first-order valence-corrected chi connectivity index (χ1v) is 7.29. The molecule has 19 heavy (non-hydrogen) atoms. The van der Waals surface area contributed by atoms with Crippen LogP contribution in [0.5, 0.6) is 0 Å². The molecule has 0 spiro atoms. The third kappa shape index (κ3) is 4.02. The molecule has 0 bridgehead atoms. The van der Waals surface area contributed by atoms with Crippen molar-refractivity contribution in [2.45, 2.75) is 64.7 Å². The van der Waals surface area contributed by atoms with Gasteiger partial charge in [-0.3, -0.25) is 4.98 Å². The van der Waals surface area contributed by atoms with Crippen LogP contribution in [-0.2, 0) is 4.74 Å². The summed E-state index contributed by atoms with van der Waals surface area (Å²) < 4.78 is 6.28. The van der Waals surface area contributed by atoms with Gasteiger partial charge in [0.15, 0.2) is 0 Å². The maximum Gasteiger partial charge on any atom is 0.0977 e. The second-order valence-electron chi connectivity index (χ2n) is 6.56. The minimum absolute atomic E-state index is 0.00247. The molecule has 1 saturated carbocycles. The molecule has 1 aromatic heterocycles. The number of pyridine rings is 1. The first-order chi connectivity index (χ1) is 8.98. The zero-order valence-electron chi connectivity index (χ0n) is 12.3. The standard InChI is InChI=1S/C16H26N2O/c1-12(17)15(13-6-10-18-11-7-13)19-14-4-8-16(2,3)9-5-14/h6-7,10-12,14-15H,4-5,8-9,17H2,1-3H3. The van der Waals surface area contributed by atoms with Gasteiger partial charge in [-0.15, -0.1) is 0 Å². The zero-order valence-corrected chi connectivity index (χ0v) is 12.3. The highest BCUT2D eigenvalue weighted by Gasteiger charge is 2.30. The van der Waals surface area contributed by atoms with Crippen LogP contribution in [0.2, 0.25) is 0 Å². The van der Waals surface area contributed by atoms with E-state index in [4.69, 9.17) is 10.5 Å². The minimum Gasteiger partial charge on any atom is -0.369 e. The van der Waals surface area contributed by atoms with Crippen LogP contribution >= 0.6 is 0 Å². The number of hydrogen-bond donors (Lipinski definition) is 1. The molecule has 2 rings (SSSR count). The van der Waals surface area contributed by atoms with Gasteiger partial charge >= 0.3 is 0 Å². The predicted octanol–water partition coefficient (Wildman–Crippen LogP) is 3.46. The molecule has 1 aliphatic carbocycles. The van der Waals surface area contributed by atoms with Crippen LogP contribution in [0.15, 0.2) is 24.5 Å². The SMILES string of the molecule is CC(N)C(OC1CCC(C)(C)CC1)c1ccncc1. The number of nitrogens with zero attached hydrogens (tertiary/aromatic N) is 1. The highest BCUT2D eigenvalue weighted by molar-refractivity contribution is 5.15. The number of nitrogens with two attached hydrogens (primary N) is 1. The summed E-state index contributed by atoms with van der Waals surface area (Å²) in [5, 5.41) is 0. The van der Waals surface area contributed by atoms with E-state index in [-0.39, 0.29) is 12.1 Å². The van der Waals surface area contributed by atoms with Gasteiger partial charge in [0, 0.05) is 18.4 Å². The molecule has 2 unspecified atom stereocenters. The monoisotopic (exact) mass is 262 g/mol. The van der Waals surface area contributed by atoms with Gasteiger partial charge in [0.25, 0.3) is 0 Å². The summed E-state index contributed by atoms with van der Waals surface area (Å²) in [6, 6.07) is 4.00. The summed E-state index contributed by atoms with van der Waals surface area (Å²) in [6.45, 7) is 6.70. The minimum atomic E-state index is -0.0192. The van der Waals surface area contributed by atoms with E-state index in [2.05, 4.69) is 18.8 Å². The van der Waals surface area contributed by atoms with Crippen molar-refractivity contribution in [3.63, 3.8) is 0 Å². The number of aromatic nitrogens is 1. The molecule has 1 aromatic rings. The van der Waals surface area contributed by atoms with Crippen molar-refractivity contribution in [1.82, 2.24) is 4.98 Å². The third-order valence-corrected chi connectivity index (χ3v) is 4.14. The fourth-order valence-corrected chi connectivity index (χ4v) is 2.78. The van der Waals surface area contributed by atoms with Crippen LogP contribution in [0.25, 0.3) is 0 Å². The first kappa shape index (κ1) is 14.5. The Morgan fingerprint density at radius 3 is 2.37 bits per heavy atom. The van der Waals surface area contributed by atoms with Crippen molar-refractivity contribution in [3.8, 4) is 0 Å². The van der Waals surface area contributed by atoms with Crippen LogP contribution in [0, 0.1) is 5.41 Å². The van der Waals surface area contributed by atoms with Gasteiger partial charge in [0.2, 0.25) is 0 Å². The van der Waals surface area contributed by atoms with Crippen LogP contribution in [0.1, 0.15) is 58.1 Å². The summed E-state index contributed by atoms with van der Waals surface area (Å²) in [7, 11) is 0. The molecule has 1 aliphatic rings. The van der Waals surface area contributed by atoms with Crippen molar-refractivity contribution >= 4 is 0 Å². The lowest BCUT2D eigenvalue weighted by molar-refractivity contribution is -0.0549. The van der Waals surface area contributed by atoms with Crippen LogP contribution in [0.4, 0.5) is 0 Å². The van der Waals surface area contributed by atoms with Crippen molar-refractivity contribution in [2.24, 2.45) is 11.1 Å². The van der Waals surface area contributed by atoms with E-state index in [9.17, 15) is 0 Å². The summed E-state index contributed by atoms with van der Waals surface area (Å²) in [6.07, 6.45) is 8.68. The molecule has 2 N–H and O–H groups in total. The fraction of sp³-hybridized carbons (Fsp3) is 0.688. The Bertz CT molecular complexity index is 379. The van der Waals surface area contributed by atoms with E-state index in [0.717, 1.165) is 18.4 Å². The number of rotatable bonds is 4. The highest BCUT2D eigenvalue weighted by Crippen LogP contribution is 2.38. The van der Waals surface area contributed by atoms with E-state index in [1.165, 1.54) is 12.8 Å². The zero-order chi connectivity index (χ0) is 13.9. The summed E-state index contributed by atoms with van der Waals surface area (Å²) in [5.41, 5.74) is 7.70. The van der Waals surface area contributed by atoms with Gasteiger partial charge in [0.05, 0.1) is 12.2 Å². The second kappa shape index (κ2) is 6.02. The van der Waals surface area contributed by atoms with Crippen molar-refractivity contribution in [2.75, 3.05) is 0 Å². The third-order valence-electron chi connectivity index (χ3n) is 4.14. The summed E-state index contributed by atoms with van der Waals surface area (Å²) in [4.78, 5) is 4.06. The maximum absolute atomic E-state index is 6.28. The fourth-order valence-electron chi connectivity index (χ4n) is 2.78. The summed E-state index contributed by atoms with van der Waals surface area (Å²) in [5.74, 6) is 0. The van der Waals surface area contributed by atoms with Gasteiger partial charge in [-0.25, -0.2) is 0 Å². The van der Waals surface area contributed by atoms with Gasteiger partial charge in [-0.1, -0.05) is 13.8 Å². The lowest BCUT2D eigenvalue weighted by Crippen LogP contribution is -2.33. The van der Waals surface area contributed by atoms with Crippen molar-refractivity contribution in [3.05, 3.63) is 30.1 Å². The van der Waals surface area contributed by atoms with E-state index in [1.807, 2.05) is 19.1 Å². The molecule has 3 heteroatoms. The number of hydrogen-bond acceptors (Lipinski definition) is 3. The Labute approximate surface area is 116 Å². The van der Waals surface area contributed by atoms with Crippen molar-refractivity contribution in [1.29, 1.82) is 0 Å². The van der Waals surface area contributed by atoms with Crippen molar-refractivity contribution < 1.29 is 4.74 Å². The molecule has 0 aromatic carbocycles. The molecular formula is C16H26N2O. The van der Waals surface area contributed by atoms with Gasteiger partial charge in [0.1, 0.15) is 0 Å². The smallest absolute Gasteiger partial charge is 0.0977 e. The maximum atomic E-state index is 6.28. The average Bonchev–Trinajstić information content (AvgIpc) is 2.38. The van der Waals surface area contributed by atoms with Crippen LogP contribution in [-0.4, -0.2) is 17.1 Å². The normalized spacial score (nSPS) is 22.9. The Balaban J connectivity index is 1.99. The largest absolute Gasteiger partial charge is 0.369 e. The van der Waals surface area contributed by atoms with E-state index >= 15 is 0 Å². The highest BCUT2D eigenvalue weighted by atomic mass is 16.5. The Morgan fingerprint density at radius 1 is 1.26 bits per heavy atom. The van der Waals surface area contributed by atoms with E-state index in [1.54, 1.807) is 12.4 Å². The topological polar surface area (TPSA) is 48.1 Å². The molecule has 0 aliphatic heterocycles. The molecular weight excluding hydrogens is 236 g/mol. The second-order valence-corrected chi connectivity index (χ2v) is 6.56. The Hall–Kier alpha value is -0.930. The van der Waals surface area contributed by atoms with Gasteiger partial charge in [-0.05, 0) is 55.7 Å². The quantitative estimate of drug-likeness (QED) is 0.904. The molecule has 0 saturated heterocycles. The first-order valence-electron chi connectivity index (χ1n) is 7.29. The summed E-state index contributed by atoms with van der Waals surface area (Å²) >= 11 is 0. The predicted molar refractivity (Wildman–Crippen MR) is 77.7 cm³/mol. The van der Waals surface area contributed by atoms with Gasteiger partial charge in [-0.2, -0.15) is 0 Å². The van der Waals surface area contributed by atoms with E-state index < -0.39 is 0 Å². The van der Waals surface area contributed by atoms with Crippen LogP contribution in [0.3, 0.4) is 0 Å². The molecule has 3 nitrogen and oxygen atoms in total. The molecule has 1 heterocycles. The molecule has 106 valence electrons. The Kier molecular flexibility index (Phi) is 4.58. The van der Waals surface area contributed by atoms with Crippen LogP contribution < -0.4 is 5.73 Å². The molecule has 1 fully saturated rings. The molecule has 0 radical (unpaired) electrons. The Morgan fingerprint density at radius 2 is 1.84 bits per heavy atom. The lowest BCUT2D eigenvalue weighted by Gasteiger charge is -2.36. The van der Waals surface area contributed by atoms with Gasteiger partial charge < -0.3 is 10.5 Å². The lowest BCUT2D eigenvalue weighted by atomic mass is 9.76. The molecule has 2 atom stereocenters. The average molecular weight is 262 g/mol. The number of ether oxygens (including phenoxy) is 1. The molecule has 0 amide bonds. The van der Waals surface area contributed by atoms with E-state index in [0.29, 0.717) is 11.5 Å².